The molecule has 0 aliphatic rings. The zero-order chi connectivity index (χ0) is 13.4. The van der Waals surface area contributed by atoms with E-state index in [-0.39, 0.29) is 11.3 Å². The van der Waals surface area contributed by atoms with Gasteiger partial charge in [-0.25, -0.2) is 0 Å². The van der Waals surface area contributed by atoms with E-state index in [0.717, 1.165) is 19.9 Å². The van der Waals surface area contributed by atoms with Crippen molar-refractivity contribution in [3.05, 3.63) is 29.3 Å². The van der Waals surface area contributed by atoms with Crippen molar-refractivity contribution in [2.45, 2.75) is 38.3 Å². The average Bonchev–Trinajstić information content (AvgIpc) is 2.14. The van der Waals surface area contributed by atoms with Gasteiger partial charge in [0, 0.05) is 17.3 Å². The van der Waals surface area contributed by atoms with Crippen molar-refractivity contribution in [3.8, 4) is 0 Å². The second-order valence-corrected chi connectivity index (χ2v) is 4.81. The molecule has 5 heteroatoms. The van der Waals surface area contributed by atoms with Crippen molar-refractivity contribution in [3.63, 3.8) is 0 Å². The number of hydrogen-bond donors (Lipinski definition) is 3. The Kier molecular flexibility index (Phi) is 3.45. The second-order valence-electron chi connectivity index (χ2n) is 4.81. The summed E-state index contributed by atoms with van der Waals surface area (Å²) in [6, 6.07) is 3.59. The summed E-state index contributed by atoms with van der Waals surface area (Å²) in [4.78, 5) is 0. The molecule has 5 N–H and O–H groups in total. The third kappa shape index (κ3) is 2.73. The maximum absolute atomic E-state index is 13.9. The van der Waals surface area contributed by atoms with E-state index in [4.69, 9.17) is 11.5 Å². The minimum Gasteiger partial charge on any atom is -0.399 e. The molecule has 0 saturated heterocycles. The number of alkyl halides is 2. The average molecular weight is 244 g/mol. The molecule has 0 fully saturated rings. The van der Waals surface area contributed by atoms with Gasteiger partial charge in [-0.15, -0.1) is 0 Å². The first-order valence-corrected chi connectivity index (χ1v) is 5.32. The molecule has 1 atom stereocenters. The number of nitrogens with two attached hydrogens (primary N) is 2. The van der Waals surface area contributed by atoms with Gasteiger partial charge in [0.15, 0.2) is 0 Å². The molecule has 0 aliphatic heterocycles. The van der Waals surface area contributed by atoms with E-state index in [1.807, 2.05) is 0 Å². The molecule has 1 unspecified atom stereocenters. The van der Waals surface area contributed by atoms with Crippen LogP contribution >= 0.6 is 0 Å². The first kappa shape index (κ1) is 13.9. The fourth-order valence-corrected chi connectivity index (χ4v) is 1.47. The van der Waals surface area contributed by atoms with Crippen LogP contribution in [0.4, 0.5) is 14.5 Å². The van der Waals surface area contributed by atoms with Crippen molar-refractivity contribution in [1.82, 2.24) is 0 Å². The smallest absolute Gasteiger partial charge is 0.300 e. The fourth-order valence-electron chi connectivity index (χ4n) is 1.47. The third-order valence-electron chi connectivity index (χ3n) is 2.63. The van der Waals surface area contributed by atoms with Crippen molar-refractivity contribution < 1.29 is 13.9 Å². The Morgan fingerprint density at radius 2 is 1.76 bits per heavy atom. The molecule has 0 aliphatic carbocycles. The summed E-state index contributed by atoms with van der Waals surface area (Å²) in [5.74, 6) is -3.38. The molecule has 0 radical (unpaired) electrons. The molecule has 0 saturated carbocycles. The van der Waals surface area contributed by atoms with E-state index in [9.17, 15) is 13.9 Å². The van der Waals surface area contributed by atoms with Gasteiger partial charge in [-0.1, -0.05) is 0 Å². The first-order chi connectivity index (χ1) is 7.55. The number of hydrogen-bond acceptors (Lipinski definition) is 3. The van der Waals surface area contributed by atoms with Crippen LogP contribution in [0.1, 0.15) is 37.9 Å². The topological polar surface area (TPSA) is 72.3 Å². The maximum Gasteiger partial charge on any atom is 0.300 e. The number of benzene rings is 1. The predicted octanol–water partition coefficient (Wildman–Crippen LogP) is 2.15. The highest BCUT2D eigenvalue weighted by atomic mass is 19.3. The van der Waals surface area contributed by atoms with Gasteiger partial charge in [-0.2, -0.15) is 8.78 Å². The van der Waals surface area contributed by atoms with Crippen molar-refractivity contribution in [1.29, 1.82) is 0 Å². The summed E-state index contributed by atoms with van der Waals surface area (Å²) in [5, 5.41) is 9.50. The van der Waals surface area contributed by atoms with Crippen LogP contribution in [0, 0.1) is 0 Å². The van der Waals surface area contributed by atoms with Crippen LogP contribution in [-0.2, 0) is 5.92 Å². The van der Waals surface area contributed by atoms with Crippen LogP contribution in [0.2, 0.25) is 0 Å². The van der Waals surface area contributed by atoms with Gasteiger partial charge in [0.05, 0.1) is 0 Å². The molecule has 0 heterocycles. The van der Waals surface area contributed by atoms with Crippen LogP contribution < -0.4 is 11.5 Å². The maximum atomic E-state index is 13.9. The first-order valence-electron chi connectivity index (χ1n) is 5.32. The largest absolute Gasteiger partial charge is 0.399 e. The van der Waals surface area contributed by atoms with E-state index >= 15 is 0 Å². The SMILES string of the molecule is CC(N)c1cc(N)cc(C(F)(F)C(C)(C)O)c1. The molecule has 0 aromatic heterocycles. The lowest BCUT2D eigenvalue weighted by Crippen LogP contribution is -2.40. The zero-order valence-electron chi connectivity index (χ0n) is 10.2. The molecule has 0 amide bonds. The highest BCUT2D eigenvalue weighted by molar-refractivity contribution is 5.47. The van der Waals surface area contributed by atoms with Gasteiger partial charge in [0.1, 0.15) is 5.60 Å². The van der Waals surface area contributed by atoms with Crippen LogP contribution in [-0.4, -0.2) is 10.7 Å². The van der Waals surface area contributed by atoms with Crippen LogP contribution in [0.5, 0.6) is 0 Å². The highest BCUT2D eigenvalue weighted by Gasteiger charge is 2.47. The Morgan fingerprint density at radius 1 is 1.24 bits per heavy atom. The predicted molar refractivity (Wildman–Crippen MR) is 63.6 cm³/mol. The quantitative estimate of drug-likeness (QED) is 0.713. The highest BCUT2D eigenvalue weighted by Crippen LogP contribution is 2.40. The lowest BCUT2D eigenvalue weighted by atomic mass is 9.91. The van der Waals surface area contributed by atoms with Crippen molar-refractivity contribution in [2.75, 3.05) is 5.73 Å². The molecular weight excluding hydrogens is 226 g/mol. The molecule has 0 bridgehead atoms. The Labute approximate surface area is 99.4 Å². The normalized spacial score (nSPS) is 14.8. The number of nitrogen functional groups attached to an aromatic ring is 1. The Bertz CT molecular complexity index is 411. The van der Waals surface area contributed by atoms with Gasteiger partial charge in [0.2, 0.25) is 0 Å². The van der Waals surface area contributed by atoms with Gasteiger partial charge in [-0.3, -0.25) is 0 Å². The Hall–Kier alpha value is -1.20. The molecule has 1 rings (SSSR count). The monoisotopic (exact) mass is 244 g/mol. The van der Waals surface area contributed by atoms with Gasteiger partial charge in [-0.05, 0) is 44.5 Å². The van der Waals surface area contributed by atoms with E-state index in [2.05, 4.69) is 0 Å². The number of aliphatic hydroxyl groups is 1. The minimum atomic E-state index is -3.38. The van der Waals surface area contributed by atoms with Crippen LogP contribution in [0.3, 0.4) is 0 Å². The number of halogens is 2. The molecule has 0 spiro atoms. The summed E-state index contributed by atoms with van der Waals surface area (Å²) < 4.78 is 27.9. The minimum absolute atomic E-state index is 0.207. The summed E-state index contributed by atoms with van der Waals surface area (Å²) in [6.45, 7) is 3.80. The van der Waals surface area contributed by atoms with Gasteiger partial charge in [0.25, 0.3) is 0 Å². The molecular formula is C12H18F2N2O. The Balaban J connectivity index is 3.32. The zero-order valence-corrected chi connectivity index (χ0v) is 10.2. The molecule has 17 heavy (non-hydrogen) atoms. The Morgan fingerprint density at radius 3 is 2.18 bits per heavy atom. The van der Waals surface area contributed by atoms with Crippen LogP contribution in [0.15, 0.2) is 18.2 Å². The van der Waals surface area contributed by atoms with Crippen molar-refractivity contribution in [2.24, 2.45) is 5.73 Å². The fraction of sp³-hybridized carbons (Fsp3) is 0.500. The van der Waals surface area contributed by atoms with E-state index in [1.54, 1.807) is 13.0 Å². The second kappa shape index (κ2) is 4.23. The van der Waals surface area contributed by atoms with E-state index in [1.165, 1.54) is 6.07 Å². The molecule has 1 aromatic carbocycles. The summed E-state index contributed by atoms with van der Waals surface area (Å²) in [5.41, 5.74) is 9.45. The lowest BCUT2D eigenvalue weighted by Gasteiger charge is -2.30. The lowest BCUT2D eigenvalue weighted by molar-refractivity contribution is -0.168. The molecule has 1 aromatic rings. The standard InChI is InChI=1S/C12H18F2N2O/c1-7(15)8-4-9(6-10(16)5-8)12(13,14)11(2,3)17/h4-7,17H,15-16H2,1-3H3. The molecule has 96 valence electrons. The van der Waals surface area contributed by atoms with E-state index < -0.39 is 17.6 Å². The van der Waals surface area contributed by atoms with Gasteiger partial charge >= 0.3 is 5.92 Å². The van der Waals surface area contributed by atoms with E-state index in [0.29, 0.717) is 5.56 Å². The third-order valence-corrected chi connectivity index (χ3v) is 2.63. The van der Waals surface area contributed by atoms with Crippen molar-refractivity contribution >= 4 is 5.69 Å². The number of anilines is 1. The summed E-state index contributed by atoms with van der Waals surface area (Å²) >= 11 is 0. The number of rotatable bonds is 3. The summed E-state index contributed by atoms with van der Waals surface area (Å²) in [7, 11) is 0. The summed E-state index contributed by atoms with van der Waals surface area (Å²) in [6.07, 6.45) is 0. The molecule has 3 nitrogen and oxygen atoms in total. The van der Waals surface area contributed by atoms with Crippen LogP contribution in [0.25, 0.3) is 0 Å². The van der Waals surface area contributed by atoms with Gasteiger partial charge < -0.3 is 16.6 Å².